The highest BCUT2D eigenvalue weighted by Crippen LogP contribution is 2.16. The van der Waals surface area contributed by atoms with Crippen molar-refractivity contribution in [2.24, 2.45) is 0 Å². The van der Waals surface area contributed by atoms with E-state index in [-0.39, 0.29) is 5.91 Å². The molecule has 0 saturated heterocycles. The fourth-order valence-corrected chi connectivity index (χ4v) is 3.10. The third-order valence-electron chi connectivity index (χ3n) is 4.42. The molecule has 3 aromatic rings. The van der Waals surface area contributed by atoms with E-state index in [1.807, 2.05) is 41.9 Å². The fourth-order valence-electron chi connectivity index (χ4n) is 3.10. The van der Waals surface area contributed by atoms with Crippen molar-refractivity contribution in [3.63, 3.8) is 0 Å². The maximum atomic E-state index is 12.7. The van der Waals surface area contributed by atoms with Gasteiger partial charge in [-0.15, -0.1) is 0 Å². The van der Waals surface area contributed by atoms with E-state index in [4.69, 9.17) is 0 Å². The summed E-state index contributed by atoms with van der Waals surface area (Å²) in [7, 11) is 4.10. The summed E-state index contributed by atoms with van der Waals surface area (Å²) in [6.45, 7) is 3.45. The van der Waals surface area contributed by atoms with Crippen LogP contribution >= 0.6 is 0 Å². The van der Waals surface area contributed by atoms with Gasteiger partial charge in [0.05, 0.1) is 23.1 Å². The molecule has 0 aliphatic rings. The minimum absolute atomic E-state index is 0.0913. The van der Waals surface area contributed by atoms with E-state index in [0.717, 1.165) is 29.9 Å². The normalized spacial score (nSPS) is 11.0. The van der Waals surface area contributed by atoms with E-state index >= 15 is 0 Å². The van der Waals surface area contributed by atoms with Crippen molar-refractivity contribution in [2.45, 2.75) is 26.4 Å². The third-order valence-corrected chi connectivity index (χ3v) is 4.42. The number of benzene rings is 2. The molecule has 0 unspecified atom stereocenters. The summed E-state index contributed by atoms with van der Waals surface area (Å²) in [5.74, 6) is -0.0913. The Morgan fingerprint density at radius 1 is 1.04 bits per heavy atom. The molecule has 27 heavy (non-hydrogen) atoms. The van der Waals surface area contributed by atoms with Crippen LogP contribution in [0.3, 0.4) is 0 Å². The summed E-state index contributed by atoms with van der Waals surface area (Å²) in [4.78, 5) is 14.8. The summed E-state index contributed by atoms with van der Waals surface area (Å²) in [5.41, 5.74) is 4.85. The molecule has 0 aliphatic carbocycles. The van der Waals surface area contributed by atoms with Crippen LogP contribution in [0.2, 0.25) is 0 Å². The number of nitrogens with zero attached hydrogens (tertiary/aromatic N) is 3. The summed E-state index contributed by atoms with van der Waals surface area (Å²) in [6, 6.07) is 18.2. The molecular formula is C22H26N4O. The zero-order valence-corrected chi connectivity index (χ0v) is 16.1. The molecule has 5 heteroatoms. The highest BCUT2D eigenvalue weighted by atomic mass is 16.1. The minimum Gasteiger partial charge on any atom is -0.348 e. The summed E-state index contributed by atoms with van der Waals surface area (Å²) >= 11 is 0. The smallest absolute Gasteiger partial charge is 0.255 e. The van der Waals surface area contributed by atoms with E-state index in [1.54, 1.807) is 6.20 Å². The molecule has 1 aromatic heterocycles. The second-order valence-corrected chi connectivity index (χ2v) is 6.84. The number of carbonyl (C=O) groups excluding carboxylic acids is 1. The number of carbonyl (C=O) groups is 1. The van der Waals surface area contributed by atoms with Crippen molar-refractivity contribution in [2.75, 3.05) is 14.1 Å². The van der Waals surface area contributed by atoms with E-state index < -0.39 is 0 Å². The molecule has 0 spiro atoms. The van der Waals surface area contributed by atoms with Crippen LogP contribution in [0.4, 0.5) is 0 Å². The lowest BCUT2D eigenvalue weighted by Gasteiger charge is -2.11. The van der Waals surface area contributed by atoms with Gasteiger partial charge in [-0.05, 0) is 43.8 Å². The van der Waals surface area contributed by atoms with Crippen LogP contribution < -0.4 is 5.32 Å². The average molecular weight is 362 g/mol. The molecule has 0 fully saturated rings. The lowest BCUT2D eigenvalue weighted by Crippen LogP contribution is -2.23. The molecule has 0 atom stereocenters. The Kier molecular flexibility index (Phi) is 6.04. The molecule has 140 valence electrons. The van der Waals surface area contributed by atoms with Gasteiger partial charge in [0.25, 0.3) is 5.91 Å². The van der Waals surface area contributed by atoms with Crippen LogP contribution in [0, 0.1) is 0 Å². The molecule has 0 aliphatic heterocycles. The van der Waals surface area contributed by atoms with E-state index in [9.17, 15) is 4.79 Å². The molecule has 0 bridgehead atoms. The number of hydrogen-bond acceptors (Lipinski definition) is 3. The van der Waals surface area contributed by atoms with E-state index in [2.05, 4.69) is 53.7 Å². The van der Waals surface area contributed by atoms with Crippen LogP contribution in [-0.4, -0.2) is 34.7 Å². The Balaban J connectivity index is 1.69. The largest absolute Gasteiger partial charge is 0.348 e. The van der Waals surface area contributed by atoms with Crippen molar-refractivity contribution in [3.8, 4) is 5.69 Å². The van der Waals surface area contributed by atoms with Gasteiger partial charge in [0.15, 0.2) is 0 Å². The molecule has 1 amide bonds. The van der Waals surface area contributed by atoms with Gasteiger partial charge in [-0.1, -0.05) is 49.4 Å². The number of hydrogen-bond donors (Lipinski definition) is 1. The number of para-hydroxylation sites is 1. The van der Waals surface area contributed by atoms with Crippen molar-refractivity contribution in [1.29, 1.82) is 0 Å². The Bertz CT molecular complexity index is 882. The second-order valence-electron chi connectivity index (χ2n) is 6.84. The Morgan fingerprint density at radius 3 is 2.33 bits per heavy atom. The summed E-state index contributed by atoms with van der Waals surface area (Å²) in [5, 5.41) is 7.44. The minimum atomic E-state index is -0.0913. The van der Waals surface area contributed by atoms with E-state index in [1.165, 1.54) is 5.56 Å². The predicted octanol–water partition coefficient (Wildman–Crippen LogP) is 3.43. The zero-order chi connectivity index (χ0) is 19.2. The van der Waals surface area contributed by atoms with Gasteiger partial charge >= 0.3 is 0 Å². The van der Waals surface area contributed by atoms with Gasteiger partial charge in [-0.3, -0.25) is 4.79 Å². The highest BCUT2D eigenvalue weighted by molar-refractivity contribution is 5.95. The average Bonchev–Trinajstić information content (AvgIpc) is 3.11. The first-order valence-corrected chi connectivity index (χ1v) is 9.21. The van der Waals surface area contributed by atoms with Gasteiger partial charge in [-0.25, -0.2) is 4.68 Å². The first kappa shape index (κ1) is 18.9. The first-order valence-electron chi connectivity index (χ1n) is 9.21. The van der Waals surface area contributed by atoms with Crippen LogP contribution in [0.5, 0.6) is 0 Å². The van der Waals surface area contributed by atoms with Gasteiger partial charge in [0.2, 0.25) is 0 Å². The van der Waals surface area contributed by atoms with Gasteiger partial charge in [-0.2, -0.15) is 5.10 Å². The first-order chi connectivity index (χ1) is 13.1. The quantitative estimate of drug-likeness (QED) is 0.701. The summed E-state index contributed by atoms with van der Waals surface area (Å²) < 4.78 is 1.84. The fraction of sp³-hybridized carbons (Fsp3) is 0.273. The lowest BCUT2D eigenvalue weighted by atomic mass is 10.1. The number of amides is 1. The Labute approximate surface area is 160 Å². The Morgan fingerprint density at radius 2 is 1.70 bits per heavy atom. The molecule has 1 N–H and O–H groups in total. The van der Waals surface area contributed by atoms with Crippen molar-refractivity contribution >= 4 is 5.91 Å². The molecule has 0 radical (unpaired) electrons. The van der Waals surface area contributed by atoms with E-state index in [0.29, 0.717) is 12.1 Å². The van der Waals surface area contributed by atoms with Crippen LogP contribution in [0.25, 0.3) is 5.69 Å². The van der Waals surface area contributed by atoms with Crippen LogP contribution in [0.15, 0.2) is 60.8 Å². The number of aromatic nitrogens is 2. The standard InChI is InChI=1S/C22H26N4O/c1-4-21-20(15-24-26(21)19-8-6-5-7-9-19)22(27)23-14-17-10-12-18(13-11-17)16-25(2)3/h5-13,15H,4,14,16H2,1-3H3,(H,23,27). The molecule has 2 aromatic carbocycles. The zero-order valence-electron chi connectivity index (χ0n) is 16.1. The van der Waals surface area contributed by atoms with Crippen LogP contribution in [0.1, 0.15) is 34.1 Å². The molecule has 5 nitrogen and oxygen atoms in total. The monoisotopic (exact) mass is 362 g/mol. The maximum Gasteiger partial charge on any atom is 0.255 e. The van der Waals surface area contributed by atoms with Crippen molar-refractivity contribution < 1.29 is 4.79 Å². The van der Waals surface area contributed by atoms with Crippen molar-refractivity contribution in [1.82, 2.24) is 20.0 Å². The Hall–Kier alpha value is -2.92. The van der Waals surface area contributed by atoms with Gasteiger partial charge in [0, 0.05) is 13.1 Å². The molecule has 3 rings (SSSR count). The lowest BCUT2D eigenvalue weighted by molar-refractivity contribution is 0.0950. The van der Waals surface area contributed by atoms with Gasteiger partial charge in [0.1, 0.15) is 0 Å². The molecular weight excluding hydrogens is 336 g/mol. The maximum absolute atomic E-state index is 12.7. The van der Waals surface area contributed by atoms with Crippen molar-refractivity contribution in [3.05, 3.63) is 83.2 Å². The number of rotatable bonds is 7. The topological polar surface area (TPSA) is 50.2 Å². The SMILES string of the molecule is CCc1c(C(=O)NCc2ccc(CN(C)C)cc2)cnn1-c1ccccc1. The second kappa shape index (κ2) is 8.64. The predicted molar refractivity (Wildman–Crippen MR) is 108 cm³/mol. The third kappa shape index (κ3) is 4.63. The van der Waals surface area contributed by atoms with Gasteiger partial charge < -0.3 is 10.2 Å². The number of nitrogens with one attached hydrogen (secondary N) is 1. The highest BCUT2D eigenvalue weighted by Gasteiger charge is 2.16. The molecule has 1 heterocycles. The molecule has 0 saturated carbocycles. The summed E-state index contributed by atoms with van der Waals surface area (Å²) in [6.07, 6.45) is 2.39. The van der Waals surface area contributed by atoms with Crippen LogP contribution in [-0.2, 0) is 19.5 Å².